The molecule has 0 spiro atoms. The Kier molecular flexibility index (Phi) is 4.46. The molecule has 114 valence electrons. The van der Waals surface area contributed by atoms with Crippen LogP contribution in [0.15, 0.2) is 42.5 Å². The van der Waals surface area contributed by atoms with Gasteiger partial charge in [0, 0.05) is 23.7 Å². The first-order valence-electron chi connectivity index (χ1n) is 7.50. The zero-order valence-corrected chi connectivity index (χ0v) is 13.6. The molecule has 0 aliphatic heterocycles. The number of aryl methyl sites for hydroxylation is 1. The molecule has 0 N–H and O–H groups in total. The standard InChI is InChI=1S/C18H19ClN2O/c1-3-22-11-10-21-17-12-14(19)8-9-16(17)20-18(21)15-7-5-4-6-13(15)2/h4-9,12H,3,10-11H2,1-2H3. The molecule has 0 aliphatic rings. The zero-order valence-electron chi connectivity index (χ0n) is 12.8. The van der Waals surface area contributed by atoms with Crippen molar-refractivity contribution in [3.63, 3.8) is 0 Å². The first-order valence-corrected chi connectivity index (χ1v) is 7.88. The van der Waals surface area contributed by atoms with Gasteiger partial charge < -0.3 is 9.30 Å². The highest BCUT2D eigenvalue weighted by atomic mass is 35.5. The molecule has 1 aromatic heterocycles. The summed E-state index contributed by atoms with van der Waals surface area (Å²) >= 11 is 6.17. The number of ether oxygens (including phenoxy) is 1. The number of fused-ring (bicyclic) bond motifs is 1. The van der Waals surface area contributed by atoms with Crippen LogP contribution < -0.4 is 0 Å². The molecule has 0 atom stereocenters. The molecule has 22 heavy (non-hydrogen) atoms. The van der Waals surface area contributed by atoms with E-state index in [1.54, 1.807) is 0 Å². The Hall–Kier alpha value is -1.84. The summed E-state index contributed by atoms with van der Waals surface area (Å²) in [5.41, 5.74) is 4.36. The van der Waals surface area contributed by atoms with Crippen molar-refractivity contribution in [2.24, 2.45) is 0 Å². The SMILES string of the molecule is CCOCCn1c(-c2ccccc2C)nc2ccc(Cl)cc21. The Morgan fingerprint density at radius 3 is 2.77 bits per heavy atom. The van der Waals surface area contributed by atoms with Crippen molar-refractivity contribution in [1.82, 2.24) is 9.55 Å². The Labute approximate surface area is 135 Å². The predicted octanol–water partition coefficient (Wildman–Crippen LogP) is 4.70. The van der Waals surface area contributed by atoms with Gasteiger partial charge in [0.2, 0.25) is 0 Å². The van der Waals surface area contributed by atoms with Crippen molar-refractivity contribution in [2.75, 3.05) is 13.2 Å². The lowest BCUT2D eigenvalue weighted by molar-refractivity contribution is 0.140. The van der Waals surface area contributed by atoms with Gasteiger partial charge in [-0.25, -0.2) is 4.98 Å². The average molecular weight is 315 g/mol. The minimum atomic E-state index is 0.660. The summed E-state index contributed by atoms with van der Waals surface area (Å²) in [6.07, 6.45) is 0. The van der Waals surface area contributed by atoms with Crippen LogP contribution in [-0.2, 0) is 11.3 Å². The van der Waals surface area contributed by atoms with Gasteiger partial charge in [0.25, 0.3) is 0 Å². The van der Waals surface area contributed by atoms with Gasteiger partial charge in [0.05, 0.1) is 17.6 Å². The molecule has 3 nitrogen and oxygen atoms in total. The Bertz CT molecular complexity index is 795. The third-order valence-corrected chi connectivity index (χ3v) is 3.99. The fourth-order valence-electron chi connectivity index (χ4n) is 2.65. The summed E-state index contributed by atoms with van der Waals surface area (Å²) < 4.78 is 7.72. The molecule has 0 bridgehead atoms. The van der Waals surface area contributed by atoms with Crippen molar-refractivity contribution in [1.29, 1.82) is 0 Å². The second-order valence-electron chi connectivity index (χ2n) is 5.23. The van der Waals surface area contributed by atoms with Gasteiger partial charge in [-0.15, -0.1) is 0 Å². The molecule has 0 saturated carbocycles. The fraction of sp³-hybridized carbons (Fsp3) is 0.278. The largest absolute Gasteiger partial charge is 0.380 e. The summed E-state index contributed by atoms with van der Waals surface area (Å²) in [5, 5.41) is 0.724. The molecular formula is C18H19ClN2O. The van der Waals surface area contributed by atoms with Crippen molar-refractivity contribution in [3.8, 4) is 11.4 Å². The molecule has 2 aromatic carbocycles. The van der Waals surface area contributed by atoms with E-state index in [1.165, 1.54) is 5.56 Å². The van der Waals surface area contributed by atoms with Gasteiger partial charge in [-0.1, -0.05) is 35.9 Å². The van der Waals surface area contributed by atoms with Gasteiger partial charge in [-0.2, -0.15) is 0 Å². The maximum absolute atomic E-state index is 6.17. The predicted molar refractivity (Wildman–Crippen MR) is 91.4 cm³/mol. The molecule has 4 heteroatoms. The molecule has 0 amide bonds. The molecule has 0 aliphatic carbocycles. The van der Waals surface area contributed by atoms with E-state index in [9.17, 15) is 0 Å². The fourth-order valence-corrected chi connectivity index (χ4v) is 2.82. The van der Waals surface area contributed by atoms with E-state index in [0.717, 1.165) is 34.0 Å². The number of aromatic nitrogens is 2. The highest BCUT2D eigenvalue weighted by Gasteiger charge is 2.14. The summed E-state index contributed by atoms with van der Waals surface area (Å²) in [5.74, 6) is 0.968. The topological polar surface area (TPSA) is 27.1 Å². The van der Waals surface area contributed by atoms with Crippen molar-refractivity contribution in [2.45, 2.75) is 20.4 Å². The van der Waals surface area contributed by atoms with Crippen LogP contribution >= 0.6 is 11.6 Å². The second-order valence-corrected chi connectivity index (χ2v) is 5.67. The van der Waals surface area contributed by atoms with Crippen LogP contribution in [0.3, 0.4) is 0 Å². The molecule has 0 unspecified atom stereocenters. The summed E-state index contributed by atoms with van der Waals surface area (Å²) in [6.45, 7) is 6.24. The number of hydrogen-bond donors (Lipinski definition) is 0. The monoisotopic (exact) mass is 314 g/mol. The van der Waals surface area contributed by atoms with E-state index in [0.29, 0.717) is 13.2 Å². The van der Waals surface area contributed by atoms with Gasteiger partial charge in [0.15, 0.2) is 0 Å². The number of halogens is 1. The second kappa shape index (κ2) is 6.51. The van der Waals surface area contributed by atoms with Crippen LogP contribution in [-0.4, -0.2) is 22.8 Å². The molecular weight excluding hydrogens is 296 g/mol. The maximum atomic E-state index is 6.17. The molecule has 0 saturated heterocycles. The minimum Gasteiger partial charge on any atom is -0.380 e. The highest BCUT2D eigenvalue weighted by Crippen LogP contribution is 2.28. The average Bonchev–Trinajstić information content (AvgIpc) is 2.86. The zero-order chi connectivity index (χ0) is 15.5. The first-order chi connectivity index (χ1) is 10.7. The van der Waals surface area contributed by atoms with Gasteiger partial charge in [-0.3, -0.25) is 0 Å². The minimum absolute atomic E-state index is 0.660. The van der Waals surface area contributed by atoms with Crippen LogP contribution in [0.1, 0.15) is 12.5 Å². The number of imidazole rings is 1. The lowest BCUT2D eigenvalue weighted by Gasteiger charge is -2.11. The molecule has 0 fully saturated rings. The van der Waals surface area contributed by atoms with Crippen LogP contribution in [0.5, 0.6) is 0 Å². The van der Waals surface area contributed by atoms with E-state index >= 15 is 0 Å². The number of benzene rings is 2. The third-order valence-electron chi connectivity index (χ3n) is 3.76. The smallest absolute Gasteiger partial charge is 0.141 e. The van der Waals surface area contributed by atoms with E-state index < -0.39 is 0 Å². The van der Waals surface area contributed by atoms with Crippen molar-refractivity contribution < 1.29 is 4.74 Å². The summed E-state index contributed by atoms with van der Waals surface area (Å²) in [6, 6.07) is 14.1. The number of nitrogens with zero attached hydrogens (tertiary/aromatic N) is 2. The normalized spacial score (nSPS) is 11.2. The number of rotatable bonds is 5. The van der Waals surface area contributed by atoms with E-state index in [-0.39, 0.29) is 0 Å². The van der Waals surface area contributed by atoms with Crippen molar-refractivity contribution >= 4 is 22.6 Å². The van der Waals surface area contributed by atoms with Crippen LogP contribution in [0.25, 0.3) is 22.4 Å². The van der Waals surface area contributed by atoms with E-state index in [2.05, 4.69) is 23.6 Å². The molecule has 1 heterocycles. The van der Waals surface area contributed by atoms with Crippen LogP contribution in [0.4, 0.5) is 0 Å². The third kappa shape index (κ3) is 2.87. The van der Waals surface area contributed by atoms with Gasteiger partial charge in [-0.05, 0) is 37.6 Å². The lowest BCUT2D eigenvalue weighted by atomic mass is 10.1. The van der Waals surface area contributed by atoms with Crippen LogP contribution in [0.2, 0.25) is 5.02 Å². The Balaban J connectivity index is 2.15. The molecule has 0 radical (unpaired) electrons. The quantitative estimate of drug-likeness (QED) is 0.638. The van der Waals surface area contributed by atoms with Crippen LogP contribution in [0, 0.1) is 6.92 Å². The lowest BCUT2D eigenvalue weighted by Crippen LogP contribution is -2.07. The van der Waals surface area contributed by atoms with Gasteiger partial charge in [0.1, 0.15) is 5.82 Å². The first kappa shape index (κ1) is 15.1. The number of hydrogen-bond acceptors (Lipinski definition) is 2. The summed E-state index contributed by atoms with van der Waals surface area (Å²) in [7, 11) is 0. The maximum Gasteiger partial charge on any atom is 0.141 e. The summed E-state index contributed by atoms with van der Waals surface area (Å²) in [4.78, 5) is 4.81. The Morgan fingerprint density at radius 2 is 2.00 bits per heavy atom. The van der Waals surface area contributed by atoms with E-state index in [1.807, 2.05) is 37.3 Å². The molecule has 3 rings (SSSR count). The van der Waals surface area contributed by atoms with Gasteiger partial charge >= 0.3 is 0 Å². The Morgan fingerprint density at radius 1 is 1.18 bits per heavy atom. The molecule has 3 aromatic rings. The highest BCUT2D eigenvalue weighted by molar-refractivity contribution is 6.31. The van der Waals surface area contributed by atoms with E-state index in [4.69, 9.17) is 21.3 Å². The van der Waals surface area contributed by atoms with Crippen molar-refractivity contribution in [3.05, 3.63) is 53.1 Å².